The maximum Gasteiger partial charge on any atom is 0.151 e. The van der Waals surface area contributed by atoms with Crippen LogP contribution in [0, 0.1) is 18.6 Å². The Balaban J connectivity index is 2.04. The van der Waals surface area contributed by atoms with Crippen molar-refractivity contribution in [3.05, 3.63) is 53.5 Å². The topological polar surface area (TPSA) is 37.5 Å². The Kier molecular flexibility index (Phi) is 3.18. The molecule has 0 spiro atoms. The Hall–Kier alpha value is -2.17. The van der Waals surface area contributed by atoms with Crippen molar-refractivity contribution in [2.75, 3.05) is 5.43 Å². The second-order valence-corrected chi connectivity index (χ2v) is 3.44. The zero-order valence-electron chi connectivity index (χ0n) is 9.08. The number of nitrogens with zero attached hydrogens (tertiary/aromatic N) is 1. The minimum absolute atomic E-state index is 0.103. The van der Waals surface area contributed by atoms with E-state index in [1.165, 1.54) is 12.3 Å². The molecule has 17 heavy (non-hydrogen) atoms. The fourth-order valence-corrected chi connectivity index (χ4v) is 1.27. The highest BCUT2D eigenvalue weighted by Crippen LogP contribution is 2.14. The van der Waals surface area contributed by atoms with Gasteiger partial charge in [-0.25, -0.2) is 8.78 Å². The van der Waals surface area contributed by atoms with Crippen LogP contribution < -0.4 is 5.43 Å². The predicted molar refractivity (Wildman–Crippen MR) is 61.0 cm³/mol. The van der Waals surface area contributed by atoms with E-state index in [-0.39, 0.29) is 5.69 Å². The van der Waals surface area contributed by atoms with Gasteiger partial charge in [0.1, 0.15) is 17.3 Å². The molecular weight excluding hydrogens is 226 g/mol. The van der Waals surface area contributed by atoms with Gasteiger partial charge in [0.15, 0.2) is 5.82 Å². The van der Waals surface area contributed by atoms with Gasteiger partial charge >= 0.3 is 0 Å². The van der Waals surface area contributed by atoms with Crippen LogP contribution in [0.25, 0.3) is 0 Å². The molecule has 5 heteroatoms. The molecule has 2 aromatic rings. The summed E-state index contributed by atoms with van der Waals surface area (Å²) in [4.78, 5) is 0. The molecule has 88 valence electrons. The molecule has 0 unspecified atom stereocenters. The lowest BCUT2D eigenvalue weighted by molar-refractivity contribution is 0.528. The SMILES string of the molecule is Cc1ccc(C=NNc2ccc(F)cc2F)o1. The second kappa shape index (κ2) is 4.78. The first kappa shape index (κ1) is 11.3. The van der Waals surface area contributed by atoms with Crippen LogP contribution in [0.5, 0.6) is 0 Å². The number of hydrazone groups is 1. The zero-order valence-corrected chi connectivity index (χ0v) is 9.08. The lowest BCUT2D eigenvalue weighted by Gasteiger charge is -2.00. The van der Waals surface area contributed by atoms with Crippen LogP contribution >= 0.6 is 0 Å². The Morgan fingerprint density at radius 3 is 2.71 bits per heavy atom. The number of hydrogen-bond donors (Lipinski definition) is 1. The van der Waals surface area contributed by atoms with Crippen molar-refractivity contribution >= 4 is 11.9 Å². The number of aryl methyl sites for hydroxylation is 1. The van der Waals surface area contributed by atoms with Crippen LogP contribution in [-0.2, 0) is 0 Å². The molecule has 0 radical (unpaired) electrons. The minimum atomic E-state index is -0.697. The fraction of sp³-hybridized carbons (Fsp3) is 0.0833. The molecule has 1 N–H and O–H groups in total. The number of halogens is 2. The first-order chi connectivity index (χ1) is 8.15. The minimum Gasteiger partial charge on any atom is -0.460 e. The van der Waals surface area contributed by atoms with E-state index in [1.54, 1.807) is 12.1 Å². The zero-order chi connectivity index (χ0) is 12.3. The molecule has 1 heterocycles. The Bertz CT molecular complexity index is 549. The van der Waals surface area contributed by atoms with Crippen molar-refractivity contribution in [2.45, 2.75) is 6.92 Å². The van der Waals surface area contributed by atoms with Crippen molar-refractivity contribution < 1.29 is 13.2 Å². The van der Waals surface area contributed by atoms with E-state index < -0.39 is 11.6 Å². The van der Waals surface area contributed by atoms with E-state index >= 15 is 0 Å². The third kappa shape index (κ3) is 2.90. The van der Waals surface area contributed by atoms with E-state index in [0.717, 1.165) is 17.9 Å². The molecule has 0 aliphatic rings. The van der Waals surface area contributed by atoms with Crippen molar-refractivity contribution in [1.29, 1.82) is 0 Å². The van der Waals surface area contributed by atoms with E-state index in [0.29, 0.717) is 5.76 Å². The molecular formula is C12H10F2N2O. The Labute approximate surface area is 96.8 Å². The van der Waals surface area contributed by atoms with Crippen LogP contribution in [0.15, 0.2) is 39.9 Å². The summed E-state index contributed by atoms with van der Waals surface area (Å²) in [6.07, 6.45) is 1.41. The first-order valence-electron chi connectivity index (χ1n) is 4.96. The molecule has 3 nitrogen and oxygen atoms in total. The number of hydrogen-bond acceptors (Lipinski definition) is 3. The largest absolute Gasteiger partial charge is 0.460 e. The summed E-state index contributed by atoms with van der Waals surface area (Å²) in [7, 11) is 0. The smallest absolute Gasteiger partial charge is 0.151 e. The van der Waals surface area contributed by atoms with Gasteiger partial charge in [0.2, 0.25) is 0 Å². The summed E-state index contributed by atoms with van der Waals surface area (Å²) in [5, 5.41) is 3.78. The second-order valence-electron chi connectivity index (χ2n) is 3.44. The molecule has 1 aromatic heterocycles. The van der Waals surface area contributed by atoms with Gasteiger partial charge in [-0.15, -0.1) is 0 Å². The summed E-state index contributed by atoms with van der Waals surface area (Å²) in [5.74, 6) is -0.00611. The van der Waals surface area contributed by atoms with Gasteiger partial charge in [-0.2, -0.15) is 5.10 Å². The highest BCUT2D eigenvalue weighted by molar-refractivity contribution is 5.76. The van der Waals surface area contributed by atoms with E-state index in [4.69, 9.17) is 4.42 Å². The van der Waals surface area contributed by atoms with Crippen LogP contribution in [0.4, 0.5) is 14.5 Å². The molecule has 0 bridgehead atoms. The van der Waals surface area contributed by atoms with Gasteiger partial charge in [-0.05, 0) is 31.2 Å². The highest BCUT2D eigenvalue weighted by Gasteiger charge is 2.01. The third-order valence-corrected chi connectivity index (χ3v) is 2.07. The van der Waals surface area contributed by atoms with Crippen molar-refractivity contribution in [2.24, 2.45) is 5.10 Å². The van der Waals surface area contributed by atoms with E-state index in [2.05, 4.69) is 10.5 Å². The monoisotopic (exact) mass is 236 g/mol. The fourth-order valence-electron chi connectivity index (χ4n) is 1.27. The van der Waals surface area contributed by atoms with Crippen molar-refractivity contribution in [1.82, 2.24) is 0 Å². The summed E-state index contributed by atoms with van der Waals surface area (Å²) in [6, 6.07) is 6.74. The van der Waals surface area contributed by atoms with Gasteiger partial charge < -0.3 is 4.42 Å². The molecule has 1 aromatic carbocycles. The third-order valence-electron chi connectivity index (χ3n) is 2.07. The number of benzene rings is 1. The van der Waals surface area contributed by atoms with Crippen LogP contribution in [0.1, 0.15) is 11.5 Å². The van der Waals surface area contributed by atoms with E-state index in [1.807, 2.05) is 6.92 Å². The molecule has 0 fully saturated rings. The standard InChI is InChI=1S/C12H10F2N2O/c1-8-2-4-10(17-8)7-15-16-12-5-3-9(13)6-11(12)14/h2-7,16H,1H3. The molecule has 0 amide bonds. The van der Waals surface area contributed by atoms with Gasteiger partial charge in [0, 0.05) is 6.07 Å². The summed E-state index contributed by atoms with van der Waals surface area (Å²) in [5.41, 5.74) is 2.57. The predicted octanol–water partition coefficient (Wildman–Crippen LogP) is 3.31. The molecule has 0 aliphatic heterocycles. The lowest BCUT2D eigenvalue weighted by atomic mass is 10.3. The number of nitrogens with one attached hydrogen (secondary N) is 1. The normalized spacial score (nSPS) is 11.0. The highest BCUT2D eigenvalue weighted by atomic mass is 19.1. The quantitative estimate of drug-likeness (QED) is 0.655. The average molecular weight is 236 g/mol. The first-order valence-corrected chi connectivity index (χ1v) is 4.96. The average Bonchev–Trinajstić information content (AvgIpc) is 2.68. The van der Waals surface area contributed by atoms with Gasteiger partial charge in [0.25, 0.3) is 0 Å². The molecule has 0 saturated carbocycles. The summed E-state index contributed by atoms with van der Waals surface area (Å²) >= 11 is 0. The number of rotatable bonds is 3. The summed E-state index contributed by atoms with van der Waals surface area (Å²) < 4.78 is 31.0. The van der Waals surface area contributed by atoms with Crippen molar-refractivity contribution in [3.63, 3.8) is 0 Å². The Morgan fingerprint density at radius 2 is 2.06 bits per heavy atom. The Morgan fingerprint density at radius 1 is 1.24 bits per heavy atom. The van der Waals surface area contributed by atoms with Crippen LogP contribution in [0.3, 0.4) is 0 Å². The summed E-state index contributed by atoms with van der Waals surface area (Å²) in [6.45, 7) is 1.81. The van der Waals surface area contributed by atoms with Crippen LogP contribution in [-0.4, -0.2) is 6.21 Å². The number of furan rings is 1. The molecule has 0 saturated heterocycles. The van der Waals surface area contributed by atoms with Gasteiger partial charge in [0.05, 0.1) is 11.9 Å². The lowest BCUT2D eigenvalue weighted by Crippen LogP contribution is -1.93. The number of anilines is 1. The van der Waals surface area contributed by atoms with Gasteiger partial charge in [-0.3, -0.25) is 5.43 Å². The molecule has 0 aliphatic carbocycles. The molecule has 2 rings (SSSR count). The maximum atomic E-state index is 13.2. The van der Waals surface area contributed by atoms with Gasteiger partial charge in [-0.1, -0.05) is 0 Å². The van der Waals surface area contributed by atoms with Crippen molar-refractivity contribution in [3.8, 4) is 0 Å². The van der Waals surface area contributed by atoms with Crippen LogP contribution in [0.2, 0.25) is 0 Å². The molecule has 0 atom stereocenters. The maximum absolute atomic E-state index is 13.2. The van der Waals surface area contributed by atoms with E-state index in [9.17, 15) is 8.78 Å².